The van der Waals surface area contributed by atoms with Gasteiger partial charge in [0.15, 0.2) is 0 Å². The second-order valence-electron chi connectivity index (χ2n) is 6.25. The number of likely N-dealkylation sites (tertiary alicyclic amines) is 1. The normalized spacial score (nSPS) is 21.6. The molecule has 1 rings (SSSR count). The van der Waals surface area contributed by atoms with E-state index in [0.717, 1.165) is 25.8 Å². The second-order valence-corrected chi connectivity index (χ2v) is 7.63. The molecular weight excluding hydrogens is 292 g/mol. The summed E-state index contributed by atoms with van der Waals surface area (Å²) in [5.41, 5.74) is 5.72. The Morgan fingerprint density at radius 1 is 1.43 bits per heavy atom. The van der Waals surface area contributed by atoms with Crippen LogP contribution in [-0.2, 0) is 15.0 Å². The summed E-state index contributed by atoms with van der Waals surface area (Å²) in [6, 6.07) is 0. The largest absolute Gasteiger partial charge is 0.342 e. The first-order valence-corrected chi connectivity index (χ1v) is 9.03. The summed E-state index contributed by atoms with van der Waals surface area (Å²) in [6.45, 7) is 6.07. The van der Waals surface area contributed by atoms with Crippen molar-refractivity contribution in [3.05, 3.63) is 0 Å². The summed E-state index contributed by atoms with van der Waals surface area (Å²) in [7, 11) is -3.67. The van der Waals surface area contributed by atoms with Crippen LogP contribution < -0.4 is 15.6 Å². The Morgan fingerprint density at radius 2 is 2.10 bits per heavy atom. The van der Waals surface area contributed by atoms with E-state index in [4.69, 9.17) is 10.9 Å². The van der Waals surface area contributed by atoms with Gasteiger partial charge in [-0.15, -0.1) is 0 Å². The minimum absolute atomic E-state index is 0.0894. The van der Waals surface area contributed by atoms with Gasteiger partial charge in [0.05, 0.1) is 5.92 Å². The molecule has 7 nitrogen and oxygen atoms in total. The molecule has 0 aliphatic carbocycles. The second kappa shape index (κ2) is 8.07. The van der Waals surface area contributed by atoms with Crippen LogP contribution in [0.1, 0.15) is 33.1 Å². The van der Waals surface area contributed by atoms with E-state index in [9.17, 15) is 13.2 Å². The van der Waals surface area contributed by atoms with Crippen LogP contribution in [-0.4, -0.2) is 45.4 Å². The number of nitrogens with one attached hydrogen (secondary N) is 1. The highest BCUT2D eigenvalue weighted by molar-refractivity contribution is 7.87. The van der Waals surface area contributed by atoms with Crippen molar-refractivity contribution in [1.82, 2.24) is 9.62 Å². The molecule has 0 aromatic rings. The third-order valence-corrected chi connectivity index (χ3v) is 4.36. The van der Waals surface area contributed by atoms with Crippen molar-refractivity contribution in [2.75, 3.05) is 26.2 Å². The van der Waals surface area contributed by atoms with E-state index in [-0.39, 0.29) is 24.3 Å². The molecule has 2 atom stereocenters. The van der Waals surface area contributed by atoms with Gasteiger partial charge < -0.3 is 10.6 Å². The molecule has 0 aromatic heterocycles. The Kier molecular flexibility index (Phi) is 7.05. The van der Waals surface area contributed by atoms with Gasteiger partial charge in [-0.2, -0.15) is 8.42 Å². The number of carbonyl (C=O) groups is 1. The number of piperidine rings is 1. The van der Waals surface area contributed by atoms with Crippen LogP contribution in [0.4, 0.5) is 0 Å². The van der Waals surface area contributed by atoms with Gasteiger partial charge in [-0.3, -0.25) is 4.79 Å². The Bertz CT molecular complexity index is 439. The van der Waals surface area contributed by atoms with Crippen LogP contribution in [0, 0.1) is 17.8 Å². The molecule has 0 radical (unpaired) electrons. The van der Waals surface area contributed by atoms with E-state index in [1.807, 2.05) is 4.90 Å². The molecular formula is C13H28N4O3S. The van der Waals surface area contributed by atoms with Crippen LogP contribution in [0.3, 0.4) is 0 Å². The predicted octanol–water partition coefficient (Wildman–Crippen LogP) is -0.361. The first-order chi connectivity index (χ1) is 9.73. The van der Waals surface area contributed by atoms with Crippen molar-refractivity contribution in [2.24, 2.45) is 28.6 Å². The number of nitrogens with zero attached hydrogens (tertiary/aromatic N) is 1. The summed E-state index contributed by atoms with van der Waals surface area (Å²) >= 11 is 0. The number of hydrogen-bond acceptors (Lipinski definition) is 4. The highest BCUT2D eigenvalue weighted by Gasteiger charge is 2.28. The molecule has 1 aliphatic heterocycles. The molecule has 1 saturated heterocycles. The van der Waals surface area contributed by atoms with Crippen molar-refractivity contribution in [3.8, 4) is 0 Å². The molecule has 0 spiro atoms. The molecule has 1 fully saturated rings. The van der Waals surface area contributed by atoms with E-state index in [1.165, 1.54) is 0 Å². The molecule has 1 heterocycles. The first kappa shape index (κ1) is 18.3. The minimum Gasteiger partial charge on any atom is -0.342 e. The van der Waals surface area contributed by atoms with Gasteiger partial charge in [0.25, 0.3) is 10.2 Å². The zero-order valence-corrected chi connectivity index (χ0v) is 13.7. The van der Waals surface area contributed by atoms with Crippen molar-refractivity contribution < 1.29 is 13.2 Å². The maximum atomic E-state index is 12.5. The molecule has 5 N–H and O–H groups in total. The Balaban J connectivity index is 2.56. The first-order valence-electron chi connectivity index (χ1n) is 7.49. The van der Waals surface area contributed by atoms with Crippen molar-refractivity contribution in [1.29, 1.82) is 0 Å². The highest BCUT2D eigenvalue weighted by atomic mass is 32.2. The third-order valence-electron chi connectivity index (χ3n) is 3.79. The number of hydrogen-bond donors (Lipinski definition) is 3. The van der Waals surface area contributed by atoms with Crippen LogP contribution >= 0.6 is 0 Å². The molecule has 21 heavy (non-hydrogen) atoms. The smallest absolute Gasteiger partial charge is 0.274 e. The number of amides is 1. The Morgan fingerprint density at radius 3 is 2.62 bits per heavy atom. The lowest BCUT2D eigenvalue weighted by Crippen LogP contribution is -2.47. The van der Waals surface area contributed by atoms with E-state index < -0.39 is 10.2 Å². The Labute approximate surface area is 127 Å². The quantitative estimate of drug-likeness (QED) is 0.593. The van der Waals surface area contributed by atoms with Gasteiger partial charge in [0, 0.05) is 26.2 Å². The van der Waals surface area contributed by atoms with E-state index in [2.05, 4.69) is 18.6 Å². The highest BCUT2D eigenvalue weighted by Crippen LogP contribution is 2.20. The summed E-state index contributed by atoms with van der Waals surface area (Å²) in [5.74, 6) is 0.479. The lowest BCUT2D eigenvalue weighted by Gasteiger charge is -2.35. The van der Waals surface area contributed by atoms with Gasteiger partial charge in [-0.05, 0) is 31.1 Å². The van der Waals surface area contributed by atoms with Gasteiger partial charge in [-0.1, -0.05) is 13.8 Å². The number of rotatable bonds is 7. The summed E-state index contributed by atoms with van der Waals surface area (Å²) in [6.07, 6.45) is 2.55. The van der Waals surface area contributed by atoms with E-state index >= 15 is 0 Å². The molecule has 0 saturated carbocycles. The van der Waals surface area contributed by atoms with Gasteiger partial charge >= 0.3 is 0 Å². The predicted molar refractivity (Wildman–Crippen MR) is 82.4 cm³/mol. The average molecular weight is 320 g/mol. The zero-order valence-electron chi connectivity index (χ0n) is 12.9. The maximum absolute atomic E-state index is 12.5. The number of nitrogens with two attached hydrogens (primary N) is 2. The van der Waals surface area contributed by atoms with Crippen LogP contribution in [0.25, 0.3) is 0 Å². The standard InChI is InChI=1S/C13H28N4O3S/c1-10(2)6-12(7-14)13(18)17-5-3-4-11(9-17)8-16-21(15,19)20/h10-12,16H,3-9,14H2,1-2H3,(H2,15,19,20). The van der Waals surface area contributed by atoms with Gasteiger partial charge in [-0.25, -0.2) is 9.86 Å². The zero-order chi connectivity index (χ0) is 16.0. The van der Waals surface area contributed by atoms with Crippen molar-refractivity contribution in [3.63, 3.8) is 0 Å². The molecule has 0 bridgehead atoms. The van der Waals surface area contributed by atoms with Crippen molar-refractivity contribution in [2.45, 2.75) is 33.1 Å². The van der Waals surface area contributed by atoms with E-state index in [0.29, 0.717) is 19.0 Å². The topological polar surface area (TPSA) is 119 Å². The molecule has 2 unspecified atom stereocenters. The lowest BCUT2D eigenvalue weighted by molar-refractivity contribution is -0.137. The fourth-order valence-corrected chi connectivity index (χ4v) is 3.26. The molecule has 124 valence electrons. The molecule has 1 amide bonds. The summed E-state index contributed by atoms with van der Waals surface area (Å²) in [5, 5.41) is 4.94. The summed E-state index contributed by atoms with van der Waals surface area (Å²) in [4.78, 5) is 14.3. The van der Waals surface area contributed by atoms with Crippen LogP contribution in [0.5, 0.6) is 0 Å². The van der Waals surface area contributed by atoms with Gasteiger partial charge in [0.2, 0.25) is 5.91 Å². The summed E-state index contributed by atoms with van der Waals surface area (Å²) < 4.78 is 24.2. The SMILES string of the molecule is CC(C)CC(CN)C(=O)N1CCCC(CNS(N)(=O)=O)C1. The molecule has 0 aromatic carbocycles. The monoisotopic (exact) mass is 320 g/mol. The van der Waals surface area contributed by atoms with Crippen molar-refractivity contribution >= 4 is 16.1 Å². The van der Waals surface area contributed by atoms with Crippen LogP contribution in [0.2, 0.25) is 0 Å². The fourth-order valence-electron chi connectivity index (χ4n) is 2.79. The Hall–Kier alpha value is -0.700. The van der Waals surface area contributed by atoms with Crippen LogP contribution in [0.15, 0.2) is 0 Å². The number of carbonyl (C=O) groups excluding carboxylic acids is 1. The fraction of sp³-hybridized carbons (Fsp3) is 0.923. The average Bonchev–Trinajstić information content (AvgIpc) is 2.41. The van der Waals surface area contributed by atoms with E-state index in [1.54, 1.807) is 0 Å². The molecule has 1 aliphatic rings. The minimum atomic E-state index is -3.67. The third kappa shape index (κ3) is 6.73. The molecule has 8 heteroatoms. The van der Waals surface area contributed by atoms with Gasteiger partial charge in [0.1, 0.15) is 0 Å². The maximum Gasteiger partial charge on any atom is 0.274 e. The lowest BCUT2D eigenvalue weighted by atomic mass is 9.93.